The molecule has 0 aliphatic rings. The van der Waals surface area contributed by atoms with Crippen molar-refractivity contribution in [3.05, 3.63) is 29.8 Å². The molecule has 0 fully saturated rings. The van der Waals surface area contributed by atoms with Gasteiger partial charge in [-0.1, -0.05) is 6.07 Å². The number of rotatable bonds is 6. The maximum Gasteiger partial charge on any atom is 0.416 e. The number of carbonyl (C=O) groups excluding carboxylic acids is 1. The first-order valence-electron chi connectivity index (χ1n) is 6.41. The van der Waals surface area contributed by atoms with E-state index in [1.54, 1.807) is 0 Å². The fourth-order valence-corrected chi connectivity index (χ4v) is 2.79. The van der Waals surface area contributed by atoms with Crippen LogP contribution in [0.2, 0.25) is 0 Å². The summed E-state index contributed by atoms with van der Waals surface area (Å²) in [7, 11) is -2.30. The highest BCUT2D eigenvalue weighted by Gasteiger charge is 2.31. The van der Waals surface area contributed by atoms with E-state index in [4.69, 9.17) is 0 Å². The Balaban J connectivity index is 3.01. The third-order valence-corrected chi connectivity index (χ3v) is 4.10. The van der Waals surface area contributed by atoms with Gasteiger partial charge in [0.2, 0.25) is 15.9 Å². The first-order chi connectivity index (χ1) is 10.1. The van der Waals surface area contributed by atoms with Crippen LogP contribution >= 0.6 is 0 Å². The van der Waals surface area contributed by atoms with E-state index in [-0.39, 0.29) is 31.0 Å². The van der Waals surface area contributed by atoms with Gasteiger partial charge in [0.15, 0.2) is 0 Å². The summed E-state index contributed by atoms with van der Waals surface area (Å²) in [5.74, 6) is -0.266. The second-order valence-electron chi connectivity index (χ2n) is 4.66. The Hall–Kier alpha value is -1.77. The van der Waals surface area contributed by atoms with E-state index in [9.17, 15) is 26.4 Å². The van der Waals surface area contributed by atoms with Crippen molar-refractivity contribution < 1.29 is 26.4 Å². The zero-order valence-electron chi connectivity index (χ0n) is 12.1. The van der Waals surface area contributed by atoms with E-state index in [1.807, 2.05) is 0 Å². The lowest BCUT2D eigenvalue weighted by Crippen LogP contribution is -2.32. The number of carbonyl (C=O) groups is 1. The highest BCUT2D eigenvalue weighted by molar-refractivity contribution is 7.92. The molecule has 1 rings (SSSR count). The van der Waals surface area contributed by atoms with Gasteiger partial charge >= 0.3 is 6.18 Å². The third-order valence-electron chi connectivity index (χ3n) is 2.91. The zero-order chi connectivity index (χ0) is 17.0. The number of benzene rings is 1. The lowest BCUT2D eigenvalue weighted by atomic mass is 10.2. The summed E-state index contributed by atoms with van der Waals surface area (Å²) in [5, 5.41) is 2.39. The molecule has 22 heavy (non-hydrogen) atoms. The number of sulfonamides is 1. The van der Waals surface area contributed by atoms with Crippen LogP contribution in [0.1, 0.15) is 18.4 Å². The predicted molar refractivity (Wildman–Crippen MR) is 76.9 cm³/mol. The van der Waals surface area contributed by atoms with Crippen LogP contribution in [0.15, 0.2) is 24.3 Å². The average Bonchev–Trinajstić information content (AvgIpc) is 2.41. The molecule has 9 heteroatoms. The molecule has 0 atom stereocenters. The normalized spacial score (nSPS) is 12.0. The van der Waals surface area contributed by atoms with Crippen LogP contribution in [0.5, 0.6) is 0 Å². The van der Waals surface area contributed by atoms with Gasteiger partial charge in [-0.2, -0.15) is 13.2 Å². The molecule has 1 amide bonds. The van der Waals surface area contributed by atoms with E-state index in [0.717, 1.165) is 28.8 Å². The Morgan fingerprint density at radius 3 is 2.45 bits per heavy atom. The monoisotopic (exact) mass is 338 g/mol. The quantitative estimate of drug-likeness (QED) is 0.863. The van der Waals surface area contributed by atoms with Crippen molar-refractivity contribution in [3.8, 4) is 0 Å². The fourth-order valence-electron chi connectivity index (χ4n) is 1.83. The van der Waals surface area contributed by atoms with Gasteiger partial charge in [-0.05, 0) is 24.6 Å². The second kappa shape index (κ2) is 6.99. The highest BCUT2D eigenvalue weighted by atomic mass is 32.2. The Morgan fingerprint density at radius 2 is 1.95 bits per heavy atom. The maximum absolute atomic E-state index is 12.7. The largest absolute Gasteiger partial charge is 0.416 e. The van der Waals surface area contributed by atoms with Crippen molar-refractivity contribution in [1.82, 2.24) is 5.32 Å². The first-order valence-corrected chi connectivity index (χ1v) is 8.26. The lowest BCUT2D eigenvalue weighted by Gasteiger charge is -2.23. The summed E-state index contributed by atoms with van der Waals surface area (Å²) in [5.41, 5.74) is -1.00. The SMILES string of the molecule is CNC(=O)CCCN(c1cccc(C(F)(F)F)c1)S(C)(=O)=O. The average molecular weight is 338 g/mol. The van der Waals surface area contributed by atoms with Crippen molar-refractivity contribution in [2.24, 2.45) is 0 Å². The lowest BCUT2D eigenvalue weighted by molar-refractivity contribution is -0.137. The van der Waals surface area contributed by atoms with Gasteiger partial charge in [-0.15, -0.1) is 0 Å². The van der Waals surface area contributed by atoms with Crippen LogP contribution in [-0.4, -0.2) is 34.2 Å². The van der Waals surface area contributed by atoms with Gasteiger partial charge < -0.3 is 5.32 Å². The first kappa shape index (κ1) is 18.3. The van der Waals surface area contributed by atoms with E-state index >= 15 is 0 Å². The van der Waals surface area contributed by atoms with Crippen LogP contribution in [0.25, 0.3) is 0 Å². The minimum Gasteiger partial charge on any atom is -0.359 e. The van der Waals surface area contributed by atoms with Crippen molar-refractivity contribution in [2.45, 2.75) is 19.0 Å². The Labute approximate surface area is 127 Å². The van der Waals surface area contributed by atoms with Crippen LogP contribution in [0.3, 0.4) is 0 Å². The Kier molecular flexibility index (Phi) is 5.81. The molecule has 124 valence electrons. The Morgan fingerprint density at radius 1 is 1.32 bits per heavy atom. The van der Waals surface area contributed by atoms with Crippen molar-refractivity contribution in [2.75, 3.05) is 24.2 Å². The molecule has 1 aromatic rings. The van der Waals surface area contributed by atoms with E-state index in [2.05, 4.69) is 5.32 Å². The maximum atomic E-state index is 12.7. The number of alkyl halides is 3. The summed E-state index contributed by atoms with van der Waals surface area (Å²) in [4.78, 5) is 11.1. The summed E-state index contributed by atoms with van der Waals surface area (Å²) >= 11 is 0. The molecule has 0 aliphatic carbocycles. The molecule has 0 spiro atoms. The van der Waals surface area contributed by atoms with Crippen LogP contribution in [0, 0.1) is 0 Å². The summed E-state index contributed by atoms with van der Waals surface area (Å²) in [6.45, 7) is -0.0758. The molecule has 0 aromatic heterocycles. The fraction of sp³-hybridized carbons (Fsp3) is 0.462. The third kappa shape index (κ3) is 5.21. The molecular formula is C13H17F3N2O3S. The van der Waals surface area contributed by atoms with E-state index in [0.29, 0.717) is 0 Å². The molecule has 0 bridgehead atoms. The molecule has 0 unspecified atom stereocenters. The molecule has 1 aromatic carbocycles. The van der Waals surface area contributed by atoms with Gasteiger partial charge in [-0.3, -0.25) is 9.10 Å². The highest BCUT2D eigenvalue weighted by Crippen LogP contribution is 2.32. The van der Waals surface area contributed by atoms with Gasteiger partial charge in [0.05, 0.1) is 17.5 Å². The van der Waals surface area contributed by atoms with Crippen molar-refractivity contribution in [3.63, 3.8) is 0 Å². The standard InChI is InChI=1S/C13H17F3N2O3S/c1-17-12(19)7-4-8-18(22(2,20)21)11-6-3-5-10(9-11)13(14,15)16/h3,5-6,9H,4,7-8H2,1-2H3,(H,17,19). The second-order valence-corrected chi connectivity index (χ2v) is 6.57. The van der Waals surface area contributed by atoms with Gasteiger partial charge in [0.1, 0.15) is 0 Å². The summed E-state index contributed by atoms with van der Waals surface area (Å²) in [6, 6.07) is 4.08. The number of anilines is 1. The molecule has 0 heterocycles. The smallest absolute Gasteiger partial charge is 0.359 e. The number of nitrogens with zero attached hydrogens (tertiary/aromatic N) is 1. The molecular weight excluding hydrogens is 321 g/mol. The molecule has 0 saturated heterocycles. The van der Waals surface area contributed by atoms with Crippen molar-refractivity contribution in [1.29, 1.82) is 0 Å². The predicted octanol–water partition coefficient (Wildman–Crippen LogP) is 2.00. The number of hydrogen-bond acceptors (Lipinski definition) is 3. The number of halogens is 3. The van der Waals surface area contributed by atoms with Gasteiger partial charge in [0, 0.05) is 20.0 Å². The minimum atomic E-state index is -4.55. The van der Waals surface area contributed by atoms with E-state index in [1.165, 1.54) is 13.1 Å². The van der Waals surface area contributed by atoms with E-state index < -0.39 is 21.8 Å². The molecule has 0 radical (unpaired) electrons. The van der Waals surface area contributed by atoms with Crippen LogP contribution < -0.4 is 9.62 Å². The molecule has 5 nitrogen and oxygen atoms in total. The number of hydrogen-bond donors (Lipinski definition) is 1. The summed E-state index contributed by atoms with van der Waals surface area (Å²) < 4.78 is 62.6. The molecule has 0 aliphatic heterocycles. The van der Waals surface area contributed by atoms with Crippen molar-refractivity contribution >= 4 is 21.6 Å². The van der Waals surface area contributed by atoms with Crippen LogP contribution in [0.4, 0.5) is 18.9 Å². The number of nitrogens with one attached hydrogen (secondary N) is 1. The number of amides is 1. The molecule has 0 saturated carbocycles. The zero-order valence-corrected chi connectivity index (χ0v) is 13.0. The topological polar surface area (TPSA) is 66.5 Å². The Bertz CT molecular complexity index is 630. The minimum absolute atomic E-state index is 0.0748. The van der Waals surface area contributed by atoms with Gasteiger partial charge in [-0.25, -0.2) is 8.42 Å². The van der Waals surface area contributed by atoms with Gasteiger partial charge in [0.25, 0.3) is 0 Å². The molecule has 1 N–H and O–H groups in total. The summed E-state index contributed by atoms with van der Waals surface area (Å²) in [6.07, 6.45) is -3.36. The van der Waals surface area contributed by atoms with Crippen LogP contribution in [-0.2, 0) is 21.0 Å².